The Hall–Kier alpha value is -1.25. The third kappa shape index (κ3) is 4.23. The zero-order valence-corrected chi connectivity index (χ0v) is 16.2. The molecule has 1 aliphatic rings. The van der Waals surface area contributed by atoms with Crippen LogP contribution >= 0.6 is 11.8 Å². The lowest BCUT2D eigenvalue weighted by Gasteiger charge is -2.37. The van der Waals surface area contributed by atoms with E-state index in [0.717, 1.165) is 21.9 Å². The van der Waals surface area contributed by atoms with Crippen LogP contribution in [-0.4, -0.2) is 31.9 Å². The first-order valence-electron chi connectivity index (χ1n) is 7.78. The molecule has 0 saturated heterocycles. The average molecular weight is 374 g/mol. The fourth-order valence-electron chi connectivity index (χ4n) is 2.78. The van der Waals surface area contributed by atoms with Gasteiger partial charge >= 0.3 is 0 Å². The van der Waals surface area contributed by atoms with Gasteiger partial charge in [0.05, 0.1) is 11.3 Å². The molecule has 0 bridgehead atoms. The molecule has 0 saturated carbocycles. The molecule has 1 heterocycles. The number of hydrogen-bond donors (Lipinski definition) is 2. The fraction of sp³-hybridized carbons (Fsp3) is 0.500. The third-order valence-electron chi connectivity index (χ3n) is 3.68. The number of nitrogens with zero attached hydrogens (tertiary/aromatic N) is 1. The van der Waals surface area contributed by atoms with Crippen molar-refractivity contribution in [2.75, 3.05) is 12.8 Å². The predicted molar refractivity (Wildman–Crippen MR) is 96.0 cm³/mol. The van der Waals surface area contributed by atoms with Crippen LogP contribution in [0, 0.1) is 11.7 Å². The lowest BCUT2D eigenvalue weighted by molar-refractivity contribution is 0.150. The third-order valence-corrected chi connectivity index (χ3v) is 5.57. The number of hydrogen-bond acceptors (Lipinski definition) is 5. The van der Waals surface area contributed by atoms with Gasteiger partial charge < -0.3 is 10.2 Å². The Morgan fingerprint density at radius 3 is 2.58 bits per heavy atom. The largest absolute Gasteiger partial charge is 0.351 e. The van der Waals surface area contributed by atoms with Crippen molar-refractivity contribution >= 4 is 21.8 Å². The van der Waals surface area contributed by atoms with Crippen molar-refractivity contribution in [3.05, 3.63) is 40.8 Å². The molecule has 5 nitrogen and oxygen atoms in total. The number of rotatable bonds is 6. The van der Waals surface area contributed by atoms with Crippen molar-refractivity contribution in [1.29, 1.82) is 0 Å². The average Bonchev–Trinajstić information content (AvgIpc) is 2.68. The van der Waals surface area contributed by atoms with E-state index in [1.54, 1.807) is 13.0 Å². The Balaban J connectivity index is 2.42. The Morgan fingerprint density at radius 2 is 2.08 bits per heavy atom. The summed E-state index contributed by atoms with van der Waals surface area (Å²) in [4.78, 5) is 2.73. The molecule has 1 unspecified atom stereocenters. The van der Waals surface area contributed by atoms with Gasteiger partial charge in [-0.3, -0.25) is 0 Å². The molecule has 0 fully saturated rings. The Labute approximate surface area is 147 Å². The molecule has 2 N–H and O–H groups in total. The molecule has 24 heavy (non-hydrogen) atoms. The maximum atomic E-state index is 13.5. The molecule has 8 heteroatoms. The first-order valence-corrected chi connectivity index (χ1v) is 10.5. The number of benzene rings is 1. The fourth-order valence-corrected chi connectivity index (χ4v) is 5.02. The summed E-state index contributed by atoms with van der Waals surface area (Å²) >= 11 is 1.43. The molecule has 0 aromatic heterocycles. The van der Waals surface area contributed by atoms with Gasteiger partial charge in [-0.2, -0.15) is 4.72 Å². The highest BCUT2D eigenvalue weighted by atomic mass is 32.2. The van der Waals surface area contributed by atoms with Crippen LogP contribution < -0.4 is 10.0 Å². The van der Waals surface area contributed by atoms with Gasteiger partial charge in [-0.05, 0) is 38.0 Å². The van der Waals surface area contributed by atoms with Crippen molar-refractivity contribution in [1.82, 2.24) is 14.9 Å². The highest BCUT2D eigenvalue weighted by Gasteiger charge is 2.43. The van der Waals surface area contributed by atoms with E-state index in [-0.39, 0.29) is 11.7 Å². The van der Waals surface area contributed by atoms with Crippen LogP contribution in [0.4, 0.5) is 4.39 Å². The highest BCUT2D eigenvalue weighted by molar-refractivity contribution is 8.03. The normalized spacial score (nSPS) is 21.5. The van der Waals surface area contributed by atoms with E-state index in [2.05, 4.69) is 10.0 Å². The lowest BCUT2D eigenvalue weighted by Crippen LogP contribution is -2.62. The lowest BCUT2D eigenvalue weighted by atomic mass is 10.1. The molecule has 0 radical (unpaired) electrons. The summed E-state index contributed by atoms with van der Waals surface area (Å²) in [6.45, 7) is 8.42. The topological polar surface area (TPSA) is 61.4 Å². The van der Waals surface area contributed by atoms with E-state index in [1.807, 2.05) is 31.7 Å². The van der Waals surface area contributed by atoms with E-state index < -0.39 is 15.8 Å². The highest BCUT2D eigenvalue weighted by Crippen LogP contribution is 2.40. The molecule has 0 aliphatic carbocycles. The zero-order valence-electron chi connectivity index (χ0n) is 14.6. The molecule has 1 aromatic carbocycles. The van der Waals surface area contributed by atoms with Gasteiger partial charge in [0.15, 0.2) is 5.79 Å². The smallest absolute Gasteiger partial charge is 0.212 e. The second-order valence-corrected chi connectivity index (χ2v) is 9.06. The SMILES string of the molecule is CCN1C(Sc2cccc(F)c2)=C(C(C)C)NC1(C)NS(C)(=O)=O. The van der Waals surface area contributed by atoms with E-state index in [4.69, 9.17) is 0 Å². The van der Waals surface area contributed by atoms with Crippen molar-refractivity contribution in [3.63, 3.8) is 0 Å². The van der Waals surface area contributed by atoms with E-state index in [0.29, 0.717) is 6.54 Å². The van der Waals surface area contributed by atoms with Gasteiger partial charge in [0.2, 0.25) is 10.0 Å². The minimum Gasteiger partial charge on any atom is -0.351 e. The standard InChI is InChI=1S/C16H24FN3O2S2/c1-6-20-15(23-13-9-7-8-12(17)10-13)14(11(2)3)18-16(20,4)19-24(5,21)22/h7-11,18-19H,6H2,1-5H3. The van der Waals surface area contributed by atoms with Crippen molar-refractivity contribution in [3.8, 4) is 0 Å². The van der Waals surface area contributed by atoms with Gasteiger partial charge in [-0.1, -0.05) is 31.7 Å². The van der Waals surface area contributed by atoms with Crippen molar-refractivity contribution < 1.29 is 12.8 Å². The second kappa shape index (κ2) is 6.93. The number of thioether (sulfide) groups is 1. The minimum absolute atomic E-state index is 0.165. The minimum atomic E-state index is -3.41. The molecule has 2 rings (SSSR count). The molecule has 1 atom stereocenters. The monoisotopic (exact) mass is 373 g/mol. The Bertz CT molecular complexity index is 749. The number of sulfonamides is 1. The van der Waals surface area contributed by atoms with Crippen LogP contribution in [0.15, 0.2) is 39.9 Å². The van der Waals surface area contributed by atoms with E-state index >= 15 is 0 Å². The maximum Gasteiger partial charge on any atom is 0.212 e. The van der Waals surface area contributed by atoms with Crippen LogP contribution in [0.3, 0.4) is 0 Å². The number of halogens is 1. The Morgan fingerprint density at radius 1 is 1.42 bits per heavy atom. The maximum absolute atomic E-state index is 13.5. The van der Waals surface area contributed by atoms with Gasteiger partial charge in [-0.15, -0.1) is 0 Å². The summed E-state index contributed by atoms with van der Waals surface area (Å²) < 4.78 is 39.7. The molecule has 0 spiro atoms. The van der Waals surface area contributed by atoms with Gasteiger partial charge in [-0.25, -0.2) is 12.8 Å². The van der Waals surface area contributed by atoms with Gasteiger partial charge in [0.25, 0.3) is 0 Å². The number of allylic oxidation sites excluding steroid dienone is 1. The zero-order chi connectivity index (χ0) is 18.1. The Kier molecular flexibility index (Phi) is 5.51. The summed E-state index contributed by atoms with van der Waals surface area (Å²) in [5.41, 5.74) is 0.935. The molecular weight excluding hydrogens is 349 g/mol. The summed E-state index contributed by atoms with van der Waals surface area (Å²) in [5, 5.41) is 4.21. The first kappa shape index (κ1) is 19.1. The molecule has 0 amide bonds. The number of nitrogens with one attached hydrogen (secondary N) is 2. The molecule has 134 valence electrons. The predicted octanol–water partition coefficient (Wildman–Crippen LogP) is 2.89. The van der Waals surface area contributed by atoms with Crippen molar-refractivity contribution in [2.24, 2.45) is 5.92 Å². The molecule has 1 aromatic rings. The van der Waals surface area contributed by atoms with Crippen LogP contribution in [0.25, 0.3) is 0 Å². The summed E-state index contributed by atoms with van der Waals surface area (Å²) in [5.74, 6) is -1.08. The molecular formula is C16H24FN3O2S2. The summed E-state index contributed by atoms with van der Waals surface area (Å²) in [6.07, 6.45) is 1.14. The van der Waals surface area contributed by atoms with Gasteiger partial charge in [0, 0.05) is 17.1 Å². The first-order chi connectivity index (χ1) is 11.1. The summed E-state index contributed by atoms with van der Waals surface area (Å²) in [6, 6.07) is 6.39. The van der Waals surface area contributed by atoms with Gasteiger partial charge in [0.1, 0.15) is 5.82 Å². The van der Waals surface area contributed by atoms with Crippen molar-refractivity contribution in [2.45, 2.75) is 38.4 Å². The van der Waals surface area contributed by atoms with Crippen LogP contribution in [-0.2, 0) is 10.0 Å². The summed E-state index contributed by atoms with van der Waals surface area (Å²) in [7, 11) is -3.41. The van der Waals surface area contributed by atoms with E-state index in [9.17, 15) is 12.8 Å². The van der Waals surface area contributed by atoms with E-state index in [1.165, 1.54) is 23.9 Å². The molecule has 1 aliphatic heterocycles. The quantitative estimate of drug-likeness (QED) is 0.803. The van der Waals surface area contributed by atoms with Crippen LogP contribution in [0.5, 0.6) is 0 Å². The second-order valence-electron chi connectivity index (χ2n) is 6.25. The van der Waals surface area contributed by atoms with Crippen LogP contribution in [0.1, 0.15) is 27.7 Å². The van der Waals surface area contributed by atoms with Crippen LogP contribution in [0.2, 0.25) is 0 Å².